The minimum Gasteiger partial charge on any atom is -0.299 e. The van der Waals surface area contributed by atoms with Crippen LogP contribution in [0.5, 0.6) is 0 Å². The van der Waals surface area contributed by atoms with Gasteiger partial charge in [-0.15, -0.1) is 0 Å². The first-order valence-corrected chi connectivity index (χ1v) is 8.76. The molecule has 6 heteroatoms. The summed E-state index contributed by atoms with van der Waals surface area (Å²) in [5, 5.41) is 0. The Morgan fingerprint density at radius 2 is 1.95 bits per heavy atom. The molecule has 1 aliphatic heterocycles. The molecule has 2 aliphatic rings. The number of sulfonamides is 1. The molecule has 5 nitrogen and oxygen atoms in total. The van der Waals surface area contributed by atoms with E-state index in [0.29, 0.717) is 24.0 Å². The van der Waals surface area contributed by atoms with Gasteiger partial charge in [0, 0.05) is 38.1 Å². The van der Waals surface area contributed by atoms with Crippen LogP contribution in [0.2, 0.25) is 0 Å². The number of hydrogen-bond acceptors (Lipinski definition) is 4. The molecular formula is C14H21N3O2S. The lowest BCUT2D eigenvalue weighted by molar-refractivity contribution is 0.134. The first-order chi connectivity index (χ1) is 9.68. The van der Waals surface area contributed by atoms with Crippen LogP contribution in [0.1, 0.15) is 25.7 Å². The summed E-state index contributed by atoms with van der Waals surface area (Å²) in [4.78, 5) is 6.68. The van der Waals surface area contributed by atoms with Crippen LogP contribution in [0.4, 0.5) is 0 Å². The zero-order valence-electron chi connectivity index (χ0n) is 11.6. The molecule has 0 unspecified atom stereocenters. The molecule has 0 atom stereocenters. The Bertz CT molecular complexity index is 543. The molecule has 0 aromatic carbocycles. The highest BCUT2D eigenvalue weighted by Crippen LogP contribution is 2.26. The van der Waals surface area contributed by atoms with Crippen molar-refractivity contribution in [3.05, 3.63) is 24.5 Å². The van der Waals surface area contributed by atoms with E-state index in [0.717, 1.165) is 19.5 Å². The van der Waals surface area contributed by atoms with E-state index in [1.54, 1.807) is 22.6 Å². The Morgan fingerprint density at radius 3 is 2.60 bits per heavy atom. The smallest absolute Gasteiger partial charge is 0.244 e. The number of rotatable bonds is 3. The zero-order chi connectivity index (χ0) is 14.0. The molecule has 20 heavy (non-hydrogen) atoms. The van der Waals surface area contributed by atoms with Crippen molar-refractivity contribution in [2.75, 3.05) is 26.2 Å². The van der Waals surface area contributed by atoms with Crippen LogP contribution < -0.4 is 0 Å². The summed E-state index contributed by atoms with van der Waals surface area (Å²) in [6.45, 7) is 3.07. The largest absolute Gasteiger partial charge is 0.299 e. The zero-order valence-corrected chi connectivity index (χ0v) is 12.4. The second-order valence-corrected chi connectivity index (χ2v) is 7.50. The van der Waals surface area contributed by atoms with Gasteiger partial charge in [0.1, 0.15) is 4.90 Å². The molecule has 1 aromatic rings. The molecule has 0 N–H and O–H groups in total. The van der Waals surface area contributed by atoms with Crippen molar-refractivity contribution < 1.29 is 8.42 Å². The molecule has 0 bridgehead atoms. The van der Waals surface area contributed by atoms with Crippen LogP contribution in [-0.2, 0) is 10.0 Å². The lowest BCUT2D eigenvalue weighted by Gasteiger charge is -2.36. The van der Waals surface area contributed by atoms with Crippen molar-refractivity contribution >= 4 is 10.0 Å². The highest BCUT2D eigenvalue weighted by Gasteiger charge is 2.30. The summed E-state index contributed by atoms with van der Waals surface area (Å²) in [7, 11) is -3.38. The van der Waals surface area contributed by atoms with Crippen LogP contribution in [0.25, 0.3) is 0 Å². The summed E-state index contributed by atoms with van der Waals surface area (Å²) < 4.78 is 26.7. The van der Waals surface area contributed by atoms with Crippen LogP contribution >= 0.6 is 0 Å². The SMILES string of the molecule is O=S(=O)(c1cccnc1)N1CCCN(C2CCC2)CC1. The predicted molar refractivity (Wildman–Crippen MR) is 76.8 cm³/mol. The lowest BCUT2D eigenvalue weighted by atomic mass is 9.91. The van der Waals surface area contributed by atoms with Gasteiger partial charge in [0.2, 0.25) is 10.0 Å². The fourth-order valence-electron chi connectivity index (χ4n) is 2.92. The van der Waals surface area contributed by atoms with E-state index in [9.17, 15) is 8.42 Å². The third-order valence-corrected chi connectivity index (χ3v) is 6.23. The quantitative estimate of drug-likeness (QED) is 0.844. The Morgan fingerprint density at radius 1 is 1.10 bits per heavy atom. The highest BCUT2D eigenvalue weighted by molar-refractivity contribution is 7.89. The maximum Gasteiger partial charge on any atom is 0.244 e. The van der Waals surface area contributed by atoms with Crippen molar-refractivity contribution in [2.24, 2.45) is 0 Å². The summed E-state index contributed by atoms with van der Waals surface area (Å²) in [6.07, 6.45) is 7.81. The summed E-state index contributed by atoms with van der Waals surface area (Å²) in [6, 6.07) is 3.98. The van der Waals surface area contributed by atoms with Crippen molar-refractivity contribution in [1.29, 1.82) is 0 Å². The van der Waals surface area contributed by atoms with Crippen molar-refractivity contribution in [1.82, 2.24) is 14.2 Å². The summed E-state index contributed by atoms with van der Waals surface area (Å²) in [5.74, 6) is 0. The van der Waals surface area contributed by atoms with Crippen LogP contribution in [0, 0.1) is 0 Å². The van der Waals surface area contributed by atoms with Gasteiger partial charge >= 0.3 is 0 Å². The summed E-state index contributed by atoms with van der Waals surface area (Å²) >= 11 is 0. The maximum absolute atomic E-state index is 12.6. The fourth-order valence-corrected chi connectivity index (χ4v) is 4.35. The molecule has 0 radical (unpaired) electrons. The lowest BCUT2D eigenvalue weighted by Crippen LogP contribution is -2.42. The van der Waals surface area contributed by atoms with E-state index in [2.05, 4.69) is 9.88 Å². The average Bonchev–Trinajstić information content (AvgIpc) is 2.64. The number of aromatic nitrogens is 1. The van der Waals surface area contributed by atoms with Crippen molar-refractivity contribution in [2.45, 2.75) is 36.6 Å². The van der Waals surface area contributed by atoms with E-state index >= 15 is 0 Å². The number of hydrogen-bond donors (Lipinski definition) is 0. The monoisotopic (exact) mass is 295 g/mol. The van der Waals surface area contributed by atoms with E-state index < -0.39 is 10.0 Å². The Balaban J connectivity index is 1.71. The van der Waals surface area contributed by atoms with E-state index in [-0.39, 0.29) is 0 Å². The maximum atomic E-state index is 12.6. The molecule has 2 fully saturated rings. The predicted octanol–water partition coefficient (Wildman–Crippen LogP) is 1.33. The van der Waals surface area contributed by atoms with E-state index in [1.165, 1.54) is 25.5 Å². The first kappa shape index (κ1) is 14.0. The molecule has 1 aliphatic carbocycles. The molecule has 1 aromatic heterocycles. The molecule has 0 spiro atoms. The van der Waals surface area contributed by atoms with E-state index in [4.69, 9.17) is 0 Å². The van der Waals surface area contributed by atoms with Crippen LogP contribution in [0.15, 0.2) is 29.4 Å². The third kappa shape index (κ3) is 2.73. The van der Waals surface area contributed by atoms with Gasteiger partial charge in [-0.2, -0.15) is 4.31 Å². The van der Waals surface area contributed by atoms with Gasteiger partial charge in [-0.1, -0.05) is 6.42 Å². The Labute approximate surface area is 120 Å². The van der Waals surface area contributed by atoms with Crippen LogP contribution in [0.3, 0.4) is 0 Å². The van der Waals surface area contributed by atoms with Crippen molar-refractivity contribution in [3.63, 3.8) is 0 Å². The first-order valence-electron chi connectivity index (χ1n) is 7.32. The van der Waals surface area contributed by atoms with Gasteiger partial charge in [0.15, 0.2) is 0 Å². The number of nitrogens with zero attached hydrogens (tertiary/aromatic N) is 3. The topological polar surface area (TPSA) is 53.5 Å². The van der Waals surface area contributed by atoms with Gasteiger partial charge in [-0.25, -0.2) is 8.42 Å². The molecule has 1 saturated carbocycles. The average molecular weight is 295 g/mol. The molecule has 0 amide bonds. The summed E-state index contributed by atoms with van der Waals surface area (Å²) in [5.41, 5.74) is 0. The van der Waals surface area contributed by atoms with Gasteiger partial charge in [-0.3, -0.25) is 9.88 Å². The molecule has 1 saturated heterocycles. The Hall–Kier alpha value is -0.980. The van der Waals surface area contributed by atoms with Gasteiger partial charge < -0.3 is 0 Å². The van der Waals surface area contributed by atoms with Crippen LogP contribution in [-0.4, -0.2) is 54.8 Å². The molecular weight excluding hydrogens is 274 g/mol. The third-order valence-electron chi connectivity index (χ3n) is 4.35. The van der Waals surface area contributed by atoms with Gasteiger partial charge in [0.05, 0.1) is 0 Å². The molecule has 2 heterocycles. The van der Waals surface area contributed by atoms with E-state index in [1.807, 2.05) is 0 Å². The number of pyridine rings is 1. The Kier molecular flexibility index (Phi) is 4.05. The van der Waals surface area contributed by atoms with Gasteiger partial charge in [-0.05, 0) is 37.9 Å². The minimum atomic E-state index is -3.38. The second-order valence-electron chi connectivity index (χ2n) is 5.57. The van der Waals surface area contributed by atoms with Gasteiger partial charge in [0.25, 0.3) is 0 Å². The second kappa shape index (κ2) is 5.79. The van der Waals surface area contributed by atoms with Crippen molar-refractivity contribution in [3.8, 4) is 0 Å². The minimum absolute atomic E-state index is 0.303. The normalized spacial score (nSPS) is 23.2. The fraction of sp³-hybridized carbons (Fsp3) is 0.643. The molecule has 3 rings (SSSR count). The standard InChI is InChI=1S/C14H21N3O2S/c18-20(19,14-6-2-7-15-12-14)17-9-3-8-16(10-11-17)13-4-1-5-13/h2,6-7,12-13H,1,3-5,8-11H2. The highest BCUT2D eigenvalue weighted by atomic mass is 32.2. The molecule has 110 valence electrons.